The number of alkyl halides is 3. The number of halogens is 3. The Morgan fingerprint density at radius 2 is 1.94 bits per heavy atom. The van der Waals surface area contributed by atoms with E-state index >= 15 is 0 Å². The van der Waals surface area contributed by atoms with Gasteiger partial charge in [-0.15, -0.1) is 5.10 Å². The van der Waals surface area contributed by atoms with Gasteiger partial charge in [-0.3, -0.25) is 9.36 Å². The van der Waals surface area contributed by atoms with Crippen LogP contribution in [0.5, 0.6) is 5.75 Å². The van der Waals surface area contributed by atoms with Gasteiger partial charge in [-0.2, -0.15) is 13.2 Å². The van der Waals surface area contributed by atoms with Crippen LogP contribution in [0.1, 0.15) is 45.1 Å². The number of ether oxygens (including phenoxy) is 1. The number of hydrogen-bond acceptors (Lipinski definition) is 6. The molecule has 0 fully saturated rings. The fourth-order valence-electron chi connectivity index (χ4n) is 3.34. The van der Waals surface area contributed by atoms with Crippen LogP contribution in [-0.2, 0) is 24.8 Å². The third-order valence-electron chi connectivity index (χ3n) is 5.19. The zero-order chi connectivity index (χ0) is 25.5. The van der Waals surface area contributed by atoms with E-state index < -0.39 is 35.4 Å². The van der Waals surface area contributed by atoms with Crippen molar-refractivity contribution in [2.45, 2.75) is 64.3 Å². The third kappa shape index (κ3) is 7.35. The molecule has 0 aliphatic rings. The number of aryl methyl sites for hydroxylation is 1. The molecule has 2 N–H and O–H groups in total. The van der Waals surface area contributed by atoms with Gasteiger partial charge < -0.3 is 15.2 Å². The van der Waals surface area contributed by atoms with Gasteiger partial charge in [-0.25, -0.2) is 14.3 Å². The highest BCUT2D eigenvalue weighted by atomic mass is 19.4. The molecule has 0 amide bonds. The minimum absolute atomic E-state index is 0.150. The van der Waals surface area contributed by atoms with E-state index in [1.807, 2.05) is 6.92 Å². The van der Waals surface area contributed by atoms with Gasteiger partial charge in [0.1, 0.15) is 5.75 Å². The Labute approximate surface area is 194 Å². The van der Waals surface area contributed by atoms with Gasteiger partial charge in [0, 0.05) is 26.6 Å². The van der Waals surface area contributed by atoms with Crippen molar-refractivity contribution in [1.29, 1.82) is 0 Å². The standard InChI is InChI=1S/C22H29F3N4O5/c1-4-10-21(2,19(31)32)34-16-8-5-7-15(14-16)9-12-26-17-18(30)28(3)20(33)29(27-17)13-6-11-22(23,24)25/h5,7-8,14H,4,6,9-13H2,1-3H3,(H,26,27)(H,31,32). The molecule has 0 bridgehead atoms. The smallest absolute Gasteiger partial charge is 0.389 e. The number of aliphatic carboxylic acids is 1. The van der Waals surface area contributed by atoms with Crippen LogP contribution in [0.25, 0.3) is 0 Å². The third-order valence-corrected chi connectivity index (χ3v) is 5.19. The van der Waals surface area contributed by atoms with Gasteiger partial charge in [-0.05, 0) is 43.9 Å². The molecule has 2 rings (SSSR count). The number of hydrogen-bond donors (Lipinski definition) is 2. The first-order valence-corrected chi connectivity index (χ1v) is 10.9. The number of carboxylic acid groups (broad SMARTS) is 1. The van der Waals surface area contributed by atoms with Crippen LogP contribution in [0.2, 0.25) is 0 Å². The van der Waals surface area contributed by atoms with Crippen molar-refractivity contribution < 1.29 is 27.8 Å². The highest BCUT2D eigenvalue weighted by Crippen LogP contribution is 2.24. The summed E-state index contributed by atoms with van der Waals surface area (Å²) in [5, 5.41) is 16.2. The summed E-state index contributed by atoms with van der Waals surface area (Å²) in [6.45, 7) is 3.33. The first-order chi connectivity index (χ1) is 15.9. The summed E-state index contributed by atoms with van der Waals surface area (Å²) >= 11 is 0. The molecule has 0 saturated heterocycles. The van der Waals surface area contributed by atoms with Crippen molar-refractivity contribution in [1.82, 2.24) is 14.3 Å². The lowest BCUT2D eigenvalue weighted by Gasteiger charge is -2.26. The molecule has 34 heavy (non-hydrogen) atoms. The Morgan fingerprint density at radius 3 is 2.56 bits per heavy atom. The predicted octanol–water partition coefficient (Wildman–Crippen LogP) is 2.96. The maximum atomic E-state index is 12.4. The highest BCUT2D eigenvalue weighted by Gasteiger charge is 2.34. The van der Waals surface area contributed by atoms with Gasteiger partial charge >= 0.3 is 17.8 Å². The molecule has 188 valence electrons. The van der Waals surface area contributed by atoms with Gasteiger partial charge in [0.15, 0.2) is 0 Å². The average Bonchev–Trinajstić information content (AvgIpc) is 2.74. The molecule has 1 aromatic carbocycles. The molecule has 9 nitrogen and oxygen atoms in total. The van der Waals surface area contributed by atoms with E-state index in [0.29, 0.717) is 25.0 Å². The van der Waals surface area contributed by atoms with Crippen molar-refractivity contribution in [3.63, 3.8) is 0 Å². The van der Waals surface area contributed by atoms with E-state index in [1.54, 1.807) is 24.3 Å². The number of anilines is 1. The topological polar surface area (TPSA) is 115 Å². The van der Waals surface area contributed by atoms with Gasteiger partial charge in [0.25, 0.3) is 5.56 Å². The molecule has 0 spiro atoms. The SMILES string of the molecule is CCCC(C)(Oc1cccc(CCNc2nn(CCCC(F)(F)F)c(=O)n(C)c2=O)c1)C(=O)O. The molecular weight excluding hydrogens is 457 g/mol. The summed E-state index contributed by atoms with van der Waals surface area (Å²) in [6, 6.07) is 6.87. The molecule has 1 aromatic heterocycles. The largest absolute Gasteiger partial charge is 0.478 e. The summed E-state index contributed by atoms with van der Waals surface area (Å²) in [4.78, 5) is 36.1. The number of carboxylic acids is 1. The van der Waals surface area contributed by atoms with E-state index in [4.69, 9.17) is 4.74 Å². The molecule has 0 aliphatic carbocycles. The lowest BCUT2D eigenvalue weighted by Crippen LogP contribution is -2.41. The quantitative estimate of drug-likeness (QED) is 0.474. The first kappa shape index (κ1) is 26.9. The molecule has 12 heteroatoms. The molecule has 1 heterocycles. The molecule has 2 aromatic rings. The zero-order valence-corrected chi connectivity index (χ0v) is 19.3. The van der Waals surface area contributed by atoms with E-state index in [1.165, 1.54) is 14.0 Å². The number of nitrogens with zero attached hydrogens (tertiary/aromatic N) is 3. The normalized spacial score (nSPS) is 13.4. The lowest BCUT2D eigenvalue weighted by atomic mass is 10.0. The number of aromatic nitrogens is 3. The highest BCUT2D eigenvalue weighted by molar-refractivity contribution is 5.77. The second kappa shape index (κ2) is 11.2. The summed E-state index contributed by atoms with van der Waals surface area (Å²) in [5.41, 5.74) is -2.05. The van der Waals surface area contributed by atoms with Crippen LogP contribution in [0.4, 0.5) is 19.0 Å². The van der Waals surface area contributed by atoms with E-state index in [9.17, 15) is 32.7 Å². The van der Waals surface area contributed by atoms with Crippen molar-refractivity contribution in [3.8, 4) is 5.75 Å². The maximum absolute atomic E-state index is 12.4. The number of benzene rings is 1. The minimum Gasteiger partial charge on any atom is -0.478 e. The summed E-state index contributed by atoms with van der Waals surface area (Å²) in [5.74, 6) is -0.820. The van der Waals surface area contributed by atoms with Crippen LogP contribution in [0, 0.1) is 0 Å². The number of nitrogens with one attached hydrogen (secondary N) is 1. The lowest BCUT2D eigenvalue weighted by molar-refractivity contribution is -0.154. The summed E-state index contributed by atoms with van der Waals surface area (Å²) in [7, 11) is 1.23. The van der Waals surface area contributed by atoms with E-state index in [2.05, 4.69) is 10.4 Å². The fraction of sp³-hybridized carbons (Fsp3) is 0.545. The Morgan fingerprint density at radius 1 is 1.24 bits per heavy atom. The Bertz CT molecular complexity index is 1110. The minimum atomic E-state index is -4.35. The Hall–Kier alpha value is -3.31. The van der Waals surface area contributed by atoms with Gasteiger partial charge in [0.2, 0.25) is 11.4 Å². The zero-order valence-electron chi connectivity index (χ0n) is 19.3. The van der Waals surface area contributed by atoms with Crippen LogP contribution in [-0.4, -0.2) is 43.7 Å². The molecule has 1 unspecified atom stereocenters. The second-order valence-electron chi connectivity index (χ2n) is 8.15. The maximum Gasteiger partial charge on any atom is 0.389 e. The number of carbonyl (C=O) groups is 1. The molecule has 0 radical (unpaired) electrons. The van der Waals surface area contributed by atoms with E-state index in [0.717, 1.165) is 14.8 Å². The van der Waals surface area contributed by atoms with Gasteiger partial charge in [0.05, 0.1) is 0 Å². The summed E-state index contributed by atoms with van der Waals surface area (Å²) in [6.07, 6.45) is -4.37. The molecular formula is C22H29F3N4O5. The van der Waals surface area contributed by atoms with Crippen LogP contribution in [0.15, 0.2) is 33.9 Å². The predicted molar refractivity (Wildman–Crippen MR) is 119 cm³/mol. The van der Waals surface area contributed by atoms with Crippen molar-refractivity contribution in [2.24, 2.45) is 7.05 Å². The monoisotopic (exact) mass is 486 g/mol. The fourth-order valence-corrected chi connectivity index (χ4v) is 3.34. The van der Waals surface area contributed by atoms with Gasteiger partial charge in [-0.1, -0.05) is 25.5 Å². The number of rotatable bonds is 12. The average molecular weight is 486 g/mol. The molecule has 1 atom stereocenters. The Kier molecular flexibility index (Phi) is 8.88. The summed E-state index contributed by atoms with van der Waals surface area (Å²) < 4.78 is 44.5. The molecule has 0 saturated carbocycles. The van der Waals surface area contributed by atoms with Crippen LogP contribution in [0.3, 0.4) is 0 Å². The van der Waals surface area contributed by atoms with Crippen molar-refractivity contribution >= 4 is 11.8 Å². The van der Waals surface area contributed by atoms with Crippen LogP contribution < -0.4 is 21.3 Å². The van der Waals surface area contributed by atoms with Crippen molar-refractivity contribution in [2.75, 3.05) is 11.9 Å². The van der Waals surface area contributed by atoms with Crippen LogP contribution >= 0.6 is 0 Å². The first-order valence-electron chi connectivity index (χ1n) is 10.9. The second-order valence-corrected chi connectivity index (χ2v) is 8.15. The Balaban J connectivity index is 2.08. The molecule has 0 aliphatic heterocycles. The van der Waals surface area contributed by atoms with Crippen molar-refractivity contribution in [3.05, 3.63) is 50.7 Å². The van der Waals surface area contributed by atoms with E-state index in [-0.39, 0.29) is 25.3 Å².